The Bertz CT molecular complexity index is 842. The van der Waals surface area contributed by atoms with Gasteiger partial charge >= 0.3 is 0 Å². The van der Waals surface area contributed by atoms with Crippen LogP contribution in [-0.2, 0) is 0 Å². The first-order chi connectivity index (χ1) is 12.0. The Hall–Kier alpha value is -2.67. The zero-order valence-electron chi connectivity index (χ0n) is 13.1. The predicted octanol–water partition coefficient (Wildman–Crippen LogP) is 2.64. The molecule has 2 aromatic carbocycles. The van der Waals surface area contributed by atoms with E-state index in [4.69, 9.17) is 9.47 Å². The first kappa shape index (κ1) is 15.8. The molecule has 2 aliphatic rings. The zero-order valence-corrected chi connectivity index (χ0v) is 13.1. The Morgan fingerprint density at radius 1 is 1.16 bits per heavy atom. The van der Waals surface area contributed by atoms with Crippen molar-refractivity contribution in [1.82, 2.24) is 4.90 Å². The molecule has 0 unspecified atom stereocenters. The summed E-state index contributed by atoms with van der Waals surface area (Å²) in [6.45, 7) is 0.141. The van der Waals surface area contributed by atoms with E-state index in [2.05, 4.69) is 0 Å². The predicted molar refractivity (Wildman–Crippen MR) is 83.3 cm³/mol. The molecule has 1 fully saturated rings. The van der Waals surface area contributed by atoms with Crippen LogP contribution in [0.1, 0.15) is 28.4 Å². The molecule has 0 radical (unpaired) electrons. The van der Waals surface area contributed by atoms with Gasteiger partial charge in [-0.1, -0.05) is 12.1 Å². The van der Waals surface area contributed by atoms with Crippen LogP contribution in [0.2, 0.25) is 0 Å². The number of hydrogen-bond acceptors (Lipinski definition) is 4. The second-order valence-corrected chi connectivity index (χ2v) is 6.08. The fraction of sp³-hybridized carbons (Fsp3) is 0.278. The second-order valence-electron chi connectivity index (χ2n) is 6.08. The SMILES string of the molecule is O=C(c1cccc2c1OCO2)N1C[C@H](O)C[C@H]1c1ccc(F)c(F)c1. The summed E-state index contributed by atoms with van der Waals surface area (Å²) in [6.07, 6.45) is -0.487. The number of carbonyl (C=O) groups excluding carboxylic acids is 1. The van der Waals surface area contributed by atoms with Crippen LogP contribution < -0.4 is 9.47 Å². The van der Waals surface area contributed by atoms with Crippen molar-refractivity contribution in [2.45, 2.75) is 18.6 Å². The molecule has 0 spiro atoms. The van der Waals surface area contributed by atoms with Gasteiger partial charge in [0.1, 0.15) is 0 Å². The summed E-state index contributed by atoms with van der Waals surface area (Å²) >= 11 is 0. The molecular weight excluding hydrogens is 332 g/mol. The minimum absolute atomic E-state index is 0.0366. The third-order valence-corrected chi connectivity index (χ3v) is 4.50. The van der Waals surface area contributed by atoms with E-state index in [1.807, 2.05) is 0 Å². The van der Waals surface area contributed by atoms with Gasteiger partial charge in [-0.15, -0.1) is 0 Å². The lowest BCUT2D eigenvalue weighted by molar-refractivity contribution is 0.0711. The maximum atomic E-state index is 13.6. The van der Waals surface area contributed by atoms with Gasteiger partial charge in [-0.3, -0.25) is 4.79 Å². The third kappa shape index (κ3) is 2.70. The molecule has 2 atom stereocenters. The number of aliphatic hydroxyl groups excluding tert-OH is 1. The van der Waals surface area contributed by atoms with Crippen LogP contribution in [-0.4, -0.2) is 35.4 Å². The lowest BCUT2D eigenvalue weighted by Gasteiger charge is -2.25. The largest absolute Gasteiger partial charge is 0.454 e. The molecule has 2 aliphatic heterocycles. The average molecular weight is 347 g/mol. The number of aliphatic hydroxyl groups is 1. The summed E-state index contributed by atoms with van der Waals surface area (Å²) in [5.74, 6) is -1.45. The van der Waals surface area contributed by atoms with Gasteiger partial charge in [0.15, 0.2) is 23.1 Å². The molecule has 0 aliphatic carbocycles. The maximum Gasteiger partial charge on any atom is 0.258 e. The van der Waals surface area contributed by atoms with Crippen LogP contribution in [0.25, 0.3) is 0 Å². The van der Waals surface area contributed by atoms with Gasteiger partial charge in [-0.25, -0.2) is 8.78 Å². The Morgan fingerprint density at radius 2 is 2.00 bits per heavy atom. The smallest absolute Gasteiger partial charge is 0.258 e. The number of ether oxygens (including phenoxy) is 2. The number of carbonyl (C=O) groups is 1. The monoisotopic (exact) mass is 347 g/mol. The van der Waals surface area contributed by atoms with Crippen molar-refractivity contribution in [2.24, 2.45) is 0 Å². The third-order valence-electron chi connectivity index (χ3n) is 4.50. The van der Waals surface area contributed by atoms with Gasteiger partial charge in [0, 0.05) is 6.54 Å². The number of rotatable bonds is 2. The van der Waals surface area contributed by atoms with Crippen molar-refractivity contribution in [3.05, 3.63) is 59.2 Å². The summed E-state index contributed by atoms with van der Waals surface area (Å²) in [4.78, 5) is 14.5. The molecule has 2 aromatic rings. The first-order valence-electron chi connectivity index (χ1n) is 7.87. The van der Waals surface area contributed by atoms with E-state index in [1.165, 1.54) is 11.0 Å². The van der Waals surface area contributed by atoms with Crippen LogP contribution in [0, 0.1) is 11.6 Å². The minimum atomic E-state index is -0.983. The number of β-amino-alcohol motifs (C(OH)–C–C–N with tert-alkyl or cyclic N) is 1. The van der Waals surface area contributed by atoms with Crippen LogP contribution >= 0.6 is 0 Å². The molecule has 0 saturated carbocycles. The van der Waals surface area contributed by atoms with Crippen molar-refractivity contribution in [3.63, 3.8) is 0 Å². The molecule has 25 heavy (non-hydrogen) atoms. The number of halogens is 2. The number of nitrogens with zero attached hydrogens (tertiary/aromatic N) is 1. The first-order valence-corrected chi connectivity index (χ1v) is 7.87. The number of amides is 1. The molecule has 7 heteroatoms. The quantitative estimate of drug-likeness (QED) is 0.907. The van der Waals surface area contributed by atoms with Gasteiger partial charge in [-0.2, -0.15) is 0 Å². The maximum absolute atomic E-state index is 13.6. The summed E-state index contributed by atoms with van der Waals surface area (Å²) in [6, 6.07) is 7.96. The molecule has 130 valence electrons. The molecule has 4 rings (SSSR count). The molecule has 1 saturated heterocycles. The number of para-hydroxylation sites is 1. The van der Waals surface area contributed by atoms with Gasteiger partial charge < -0.3 is 19.5 Å². The summed E-state index contributed by atoms with van der Waals surface area (Å²) in [5, 5.41) is 10.0. The standard InChI is InChI=1S/C18H15F2NO4/c19-13-5-4-10(6-14(13)20)15-7-11(22)8-21(15)18(23)12-2-1-3-16-17(12)25-9-24-16/h1-6,11,15,22H,7-9H2/t11-,15+/m1/s1. The van der Waals surface area contributed by atoms with Gasteiger partial charge in [-0.05, 0) is 36.2 Å². The molecule has 1 amide bonds. The Balaban J connectivity index is 1.69. The summed E-state index contributed by atoms with van der Waals surface area (Å²) in [7, 11) is 0. The molecular formula is C18H15F2NO4. The Morgan fingerprint density at radius 3 is 2.80 bits per heavy atom. The topological polar surface area (TPSA) is 59.0 Å². The second kappa shape index (κ2) is 6.00. The fourth-order valence-corrected chi connectivity index (χ4v) is 3.33. The highest BCUT2D eigenvalue weighted by atomic mass is 19.2. The highest BCUT2D eigenvalue weighted by molar-refractivity contribution is 5.98. The van der Waals surface area contributed by atoms with Crippen LogP contribution in [0.3, 0.4) is 0 Å². The molecule has 0 bridgehead atoms. The molecule has 1 N–H and O–H groups in total. The van der Waals surface area contributed by atoms with Crippen molar-refractivity contribution < 1.29 is 28.2 Å². The van der Waals surface area contributed by atoms with Crippen molar-refractivity contribution >= 4 is 5.91 Å². The van der Waals surface area contributed by atoms with Crippen molar-refractivity contribution in [1.29, 1.82) is 0 Å². The van der Waals surface area contributed by atoms with Crippen LogP contribution in [0.15, 0.2) is 36.4 Å². The van der Waals surface area contributed by atoms with E-state index in [0.29, 0.717) is 22.6 Å². The van der Waals surface area contributed by atoms with Gasteiger partial charge in [0.05, 0.1) is 17.7 Å². The van der Waals surface area contributed by atoms with Crippen molar-refractivity contribution in [3.8, 4) is 11.5 Å². The molecule has 5 nitrogen and oxygen atoms in total. The zero-order chi connectivity index (χ0) is 17.6. The fourth-order valence-electron chi connectivity index (χ4n) is 3.33. The number of benzene rings is 2. The number of likely N-dealkylation sites (tertiary alicyclic amines) is 1. The molecule has 0 aromatic heterocycles. The lowest BCUT2D eigenvalue weighted by atomic mass is 10.0. The minimum Gasteiger partial charge on any atom is -0.454 e. The summed E-state index contributed by atoms with van der Waals surface area (Å²) in [5.41, 5.74) is 0.755. The Labute approximate surface area is 142 Å². The highest BCUT2D eigenvalue weighted by Gasteiger charge is 2.37. The van der Waals surface area contributed by atoms with Gasteiger partial charge in [0.25, 0.3) is 5.91 Å². The Kier molecular flexibility index (Phi) is 3.80. The molecule has 2 heterocycles. The van der Waals surface area contributed by atoms with E-state index in [-0.39, 0.29) is 25.7 Å². The van der Waals surface area contributed by atoms with Gasteiger partial charge in [0.2, 0.25) is 6.79 Å². The van der Waals surface area contributed by atoms with Crippen LogP contribution in [0.4, 0.5) is 8.78 Å². The van der Waals surface area contributed by atoms with E-state index >= 15 is 0 Å². The lowest BCUT2D eigenvalue weighted by Crippen LogP contribution is -2.32. The average Bonchev–Trinajstić information content (AvgIpc) is 3.22. The van der Waals surface area contributed by atoms with Crippen molar-refractivity contribution in [2.75, 3.05) is 13.3 Å². The van der Waals surface area contributed by atoms with E-state index < -0.39 is 23.8 Å². The van der Waals surface area contributed by atoms with E-state index in [0.717, 1.165) is 12.1 Å². The highest BCUT2D eigenvalue weighted by Crippen LogP contribution is 2.39. The van der Waals surface area contributed by atoms with E-state index in [9.17, 15) is 18.7 Å². The summed E-state index contributed by atoms with van der Waals surface area (Å²) < 4.78 is 37.4. The number of hydrogen-bond donors (Lipinski definition) is 1. The van der Waals surface area contributed by atoms with E-state index in [1.54, 1.807) is 18.2 Å². The normalized spacial score (nSPS) is 21.6. The van der Waals surface area contributed by atoms with Crippen LogP contribution in [0.5, 0.6) is 11.5 Å². The number of fused-ring (bicyclic) bond motifs is 1.